The van der Waals surface area contributed by atoms with Crippen molar-refractivity contribution < 1.29 is 5.11 Å². The maximum absolute atomic E-state index is 13.0. The zero-order valence-electron chi connectivity index (χ0n) is 14.1. The maximum atomic E-state index is 13.0. The molecule has 0 spiro atoms. The van der Waals surface area contributed by atoms with Gasteiger partial charge in [-0.25, -0.2) is 0 Å². The second kappa shape index (κ2) is 6.60. The third-order valence-corrected chi connectivity index (χ3v) is 4.97. The molecule has 1 aliphatic rings. The fraction of sp³-hybridized carbons (Fsp3) is 0.227. The SMILES string of the molecule is O=c1c(Cc2ccccc2)c(O)c(-c2ccccc2)c2n1CCCC2. The van der Waals surface area contributed by atoms with Gasteiger partial charge in [0, 0.05) is 24.2 Å². The normalized spacial score (nSPS) is 13.4. The lowest BCUT2D eigenvalue weighted by Crippen LogP contribution is -2.30. The van der Waals surface area contributed by atoms with E-state index >= 15 is 0 Å². The summed E-state index contributed by atoms with van der Waals surface area (Å²) in [5.41, 5.74) is 4.25. The minimum absolute atomic E-state index is 0.0456. The molecule has 0 fully saturated rings. The van der Waals surface area contributed by atoms with Gasteiger partial charge in [-0.15, -0.1) is 0 Å². The summed E-state index contributed by atoms with van der Waals surface area (Å²) in [5.74, 6) is 0.146. The predicted octanol–water partition coefficient (Wildman–Crippen LogP) is 4.15. The first-order valence-corrected chi connectivity index (χ1v) is 8.82. The fourth-order valence-corrected chi connectivity index (χ4v) is 3.74. The Kier molecular flexibility index (Phi) is 4.14. The van der Waals surface area contributed by atoms with Gasteiger partial charge in [0.1, 0.15) is 5.75 Å². The fourth-order valence-electron chi connectivity index (χ4n) is 3.74. The summed E-state index contributed by atoms with van der Waals surface area (Å²) in [4.78, 5) is 13.0. The average Bonchev–Trinajstić information content (AvgIpc) is 2.67. The first-order valence-electron chi connectivity index (χ1n) is 8.82. The molecule has 0 bridgehead atoms. The van der Waals surface area contributed by atoms with Crippen LogP contribution in [0.5, 0.6) is 5.75 Å². The Morgan fingerprint density at radius 2 is 1.60 bits per heavy atom. The van der Waals surface area contributed by atoms with Crippen LogP contribution >= 0.6 is 0 Å². The van der Waals surface area contributed by atoms with Gasteiger partial charge in [0.15, 0.2) is 0 Å². The molecule has 0 saturated heterocycles. The quantitative estimate of drug-likeness (QED) is 0.783. The number of aromatic nitrogens is 1. The first kappa shape index (κ1) is 15.7. The van der Waals surface area contributed by atoms with Crippen LogP contribution in [0, 0.1) is 0 Å². The zero-order chi connectivity index (χ0) is 17.2. The second-order valence-corrected chi connectivity index (χ2v) is 6.59. The molecule has 2 heterocycles. The molecule has 25 heavy (non-hydrogen) atoms. The Hall–Kier alpha value is -2.81. The first-order chi connectivity index (χ1) is 12.3. The Bertz CT molecular complexity index is 943. The van der Waals surface area contributed by atoms with E-state index in [1.165, 1.54) is 0 Å². The van der Waals surface area contributed by atoms with E-state index < -0.39 is 0 Å². The predicted molar refractivity (Wildman–Crippen MR) is 100.0 cm³/mol. The van der Waals surface area contributed by atoms with Gasteiger partial charge in [-0.2, -0.15) is 0 Å². The van der Waals surface area contributed by atoms with E-state index in [-0.39, 0.29) is 11.3 Å². The number of nitrogens with zero attached hydrogens (tertiary/aromatic N) is 1. The standard InChI is InChI=1S/C22H21NO2/c24-21-18(15-16-9-3-1-4-10-16)22(25)23-14-8-7-13-19(23)20(21)17-11-5-2-6-12-17/h1-6,9-12,24H,7-8,13-15H2. The van der Waals surface area contributed by atoms with E-state index in [1.54, 1.807) is 0 Å². The lowest BCUT2D eigenvalue weighted by molar-refractivity contribution is 0.452. The summed E-state index contributed by atoms with van der Waals surface area (Å²) in [5, 5.41) is 11.0. The largest absolute Gasteiger partial charge is 0.507 e. The number of pyridine rings is 1. The van der Waals surface area contributed by atoms with E-state index in [1.807, 2.05) is 65.2 Å². The van der Waals surface area contributed by atoms with Gasteiger partial charge >= 0.3 is 0 Å². The van der Waals surface area contributed by atoms with E-state index in [0.717, 1.165) is 48.2 Å². The van der Waals surface area contributed by atoms with Gasteiger partial charge in [-0.05, 0) is 30.4 Å². The maximum Gasteiger partial charge on any atom is 0.258 e. The highest BCUT2D eigenvalue weighted by Gasteiger charge is 2.24. The zero-order valence-corrected chi connectivity index (χ0v) is 14.1. The van der Waals surface area contributed by atoms with Gasteiger partial charge in [-0.3, -0.25) is 4.79 Å². The van der Waals surface area contributed by atoms with E-state index in [9.17, 15) is 9.90 Å². The Morgan fingerprint density at radius 3 is 2.32 bits per heavy atom. The van der Waals surface area contributed by atoms with Crippen LogP contribution in [0.15, 0.2) is 65.5 Å². The van der Waals surface area contributed by atoms with Crippen LogP contribution in [0.2, 0.25) is 0 Å². The Morgan fingerprint density at radius 1 is 0.920 bits per heavy atom. The monoisotopic (exact) mass is 331 g/mol. The molecule has 2 aromatic carbocycles. The van der Waals surface area contributed by atoms with E-state index in [2.05, 4.69) is 0 Å². The lowest BCUT2D eigenvalue weighted by Gasteiger charge is -2.24. The number of hydrogen-bond acceptors (Lipinski definition) is 2. The number of hydrogen-bond donors (Lipinski definition) is 1. The van der Waals surface area contributed by atoms with Crippen LogP contribution in [-0.4, -0.2) is 9.67 Å². The van der Waals surface area contributed by atoms with Gasteiger partial charge in [0.2, 0.25) is 0 Å². The number of benzene rings is 2. The van der Waals surface area contributed by atoms with Crippen LogP contribution in [0.1, 0.15) is 29.7 Å². The molecular weight excluding hydrogens is 310 g/mol. The van der Waals surface area contributed by atoms with Crippen molar-refractivity contribution in [1.29, 1.82) is 0 Å². The van der Waals surface area contributed by atoms with Crippen molar-refractivity contribution in [3.63, 3.8) is 0 Å². The van der Waals surface area contributed by atoms with Gasteiger partial charge < -0.3 is 9.67 Å². The van der Waals surface area contributed by atoms with Crippen molar-refractivity contribution in [3.05, 3.63) is 87.8 Å². The molecule has 3 aromatic rings. The summed E-state index contributed by atoms with van der Waals surface area (Å²) in [6.45, 7) is 0.732. The Balaban J connectivity index is 1.94. The van der Waals surface area contributed by atoms with Crippen molar-refractivity contribution in [1.82, 2.24) is 4.57 Å². The average molecular weight is 331 g/mol. The van der Waals surface area contributed by atoms with E-state index in [4.69, 9.17) is 0 Å². The van der Waals surface area contributed by atoms with Crippen LogP contribution in [-0.2, 0) is 19.4 Å². The van der Waals surface area contributed by atoms with Gasteiger partial charge in [0.25, 0.3) is 5.56 Å². The van der Waals surface area contributed by atoms with Crippen LogP contribution in [0.3, 0.4) is 0 Å². The molecule has 3 heteroatoms. The number of fused-ring (bicyclic) bond motifs is 1. The molecule has 0 atom stereocenters. The van der Waals surface area contributed by atoms with Crippen LogP contribution in [0.25, 0.3) is 11.1 Å². The van der Waals surface area contributed by atoms with Crippen LogP contribution < -0.4 is 5.56 Å². The lowest BCUT2D eigenvalue weighted by atomic mass is 9.93. The highest BCUT2D eigenvalue weighted by atomic mass is 16.3. The van der Waals surface area contributed by atoms with Gasteiger partial charge in [0.05, 0.1) is 5.56 Å². The molecule has 0 aliphatic carbocycles. The molecule has 4 rings (SSSR count). The van der Waals surface area contributed by atoms with Crippen molar-refractivity contribution in [2.75, 3.05) is 0 Å². The molecule has 0 radical (unpaired) electrons. The highest BCUT2D eigenvalue weighted by molar-refractivity contribution is 5.74. The highest BCUT2D eigenvalue weighted by Crippen LogP contribution is 2.36. The topological polar surface area (TPSA) is 42.2 Å². The summed E-state index contributed by atoms with van der Waals surface area (Å²) < 4.78 is 1.88. The molecule has 1 aliphatic heterocycles. The molecule has 1 N–H and O–H groups in total. The smallest absolute Gasteiger partial charge is 0.258 e. The summed E-state index contributed by atoms with van der Waals surface area (Å²) >= 11 is 0. The third-order valence-electron chi connectivity index (χ3n) is 4.97. The van der Waals surface area contributed by atoms with E-state index in [0.29, 0.717) is 12.0 Å². The molecule has 3 nitrogen and oxygen atoms in total. The minimum atomic E-state index is -0.0456. The molecule has 0 amide bonds. The summed E-state index contributed by atoms with van der Waals surface area (Å²) in [6, 6.07) is 19.8. The second-order valence-electron chi connectivity index (χ2n) is 6.59. The molecule has 0 saturated carbocycles. The molecular formula is C22H21NO2. The minimum Gasteiger partial charge on any atom is -0.507 e. The molecule has 1 aromatic heterocycles. The molecule has 126 valence electrons. The number of rotatable bonds is 3. The third kappa shape index (κ3) is 2.86. The summed E-state index contributed by atoms with van der Waals surface area (Å²) in [6.07, 6.45) is 3.34. The van der Waals surface area contributed by atoms with Crippen molar-refractivity contribution in [2.45, 2.75) is 32.2 Å². The van der Waals surface area contributed by atoms with Gasteiger partial charge in [-0.1, -0.05) is 60.7 Å². The van der Waals surface area contributed by atoms with Crippen molar-refractivity contribution >= 4 is 0 Å². The van der Waals surface area contributed by atoms with Crippen molar-refractivity contribution in [2.24, 2.45) is 0 Å². The van der Waals surface area contributed by atoms with Crippen molar-refractivity contribution in [3.8, 4) is 16.9 Å². The summed E-state index contributed by atoms with van der Waals surface area (Å²) in [7, 11) is 0. The number of aromatic hydroxyl groups is 1. The van der Waals surface area contributed by atoms with Crippen LogP contribution in [0.4, 0.5) is 0 Å². The Labute approximate surface area is 147 Å². The molecule has 0 unspecified atom stereocenters.